The Labute approximate surface area is 174 Å². The lowest BCUT2D eigenvalue weighted by Gasteiger charge is -2.12. The first-order valence-corrected chi connectivity index (χ1v) is 10.8. The largest absolute Gasteiger partial charge is 0.454 e. The third kappa shape index (κ3) is 2.78. The van der Waals surface area contributed by atoms with Crippen LogP contribution in [0, 0.1) is 0 Å². The van der Waals surface area contributed by atoms with Gasteiger partial charge in [-0.25, -0.2) is 9.97 Å². The fourth-order valence-corrected chi connectivity index (χ4v) is 5.86. The Morgan fingerprint density at radius 2 is 1.76 bits per heavy atom. The third-order valence-corrected chi connectivity index (χ3v) is 7.52. The molecule has 1 aliphatic rings. The van der Waals surface area contributed by atoms with Crippen LogP contribution in [0.3, 0.4) is 0 Å². The Morgan fingerprint density at radius 1 is 0.897 bits per heavy atom. The quantitative estimate of drug-likeness (QED) is 0.428. The SMILES string of the molecule is NC(c1ccc2c(c1)OCO2)c1ncnc2cc(-c3cc4ccccc4s3)sc12. The standard InChI is InChI=1S/C22H15N3O2S2/c23-20(13-5-6-15-16(7-13)27-11-26-15)21-22-14(24-10-25-21)9-19(29-22)18-8-12-3-1-2-4-17(12)28-18/h1-10,20H,11,23H2. The summed E-state index contributed by atoms with van der Waals surface area (Å²) in [5, 5.41) is 1.26. The Balaban J connectivity index is 1.44. The molecule has 4 heterocycles. The summed E-state index contributed by atoms with van der Waals surface area (Å²) in [5.74, 6) is 1.47. The summed E-state index contributed by atoms with van der Waals surface area (Å²) < 4.78 is 13.2. The van der Waals surface area contributed by atoms with E-state index in [9.17, 15) is 0 Å². The van der Waals surface area contributed by atoms with Crippen molar-refractivity contribution in [3.63, 3.8) is 0 Å². The van der Waals surface area contributed by atoms with E-state index in [-0.39, 0.29) is 12.8 Å². The van der Waals surface area contributed by atoms with E-state index in [0.717, 1.165) is 33.0 Å². The molecule has 1 unspecified atom stereocenters. The lowest BCUT2D eigenvalue weighted by atomic mass is 10.0. The molecule has 2 aromatic carbocycles. The molecule has 0 radical (unpaired) electrons. The number of aromatic nitrogens is 2. The predicted octanol–water partition coefficient (Wildman–Crippen LogP) is 5.35. The zero-order chi connectivity index (χ0) is 19.4. The first-order valence-electron chi connectivity index (χ1n) is 9.15. The Hall–Kier alpha value is -3.00. The van der Waals surface area contributed by atoms with E-state index in [2.05, 4.69) is 46.4 Å². The van der Waals surface area contributed by atoms with Gasteiger partial charge >= 0.3 is 0 Å². The summed E-state index contributed by atoms with van der Waals surface area (Å²) in [4.78, 5) is 11.4. The van der Waals surface area contributed by atoms with Crippen molar-refractivity contribution in [2.75, 3.05) is 6.79 Å². The molecular weight excluding hydrogens is 402 g/mol. The van der Waals surface area contributed by atoms with E-state index < -0.39 is 0 Å². The fraction of sp³-hybridized carbons (Fsp3) is 0.0909. The number of thiophene rings is 2. The topological polar surface area (TPSA) is 70.3 Å². The van der Waals surface area contributed by atoms with Crippen LogP contribution in [0.5, 0.6) is 11.5 Å². The molecule has 0 amide bonds. The maximum absolute atomic E-state index is 6.61. The van der Waals surface area contributed by atoms with E-state index in [4.69, 9.17) is 15.2 Å². The maximum atomic E-state index is 6.61. The molecular formula is C22H15N3O2S2. The number of hydrogen-bond acceptors (Lipinski definition) is 7. The highest BCUT2D eigenvalue weighted by Crippen LogP contribution is 2.41. The van der Waals surface area contributed by atoms with Gasteiger partial charge in [0.15, 0.2) is 11.5 Å². The van der Waals surface area contributed by atoms with Crippen molar-refractivity contribution in [1.29, 1.82) is 0 Å². The summed E-state index contributed by atoms with van der Waals surface area (Å²) in [6.45, 7) is 0.245. The Bertz CT molecular complexity index is 1340. The van der Waals surface area contributed by atoms with Crippen molar-refractivity contribution >= 4 is 43.0 Å². The van der Waals surface area contributed by atoms with Gasteiger partial charge in [-0.05, 0) is 41.3 Å². The van der Waals surface area contributed by atoms with Crippen molar-refractivity contribution in [3.05, 3.63) is 72.2 Å². The molecule has 5 nitrogen and oxygen atoms in total. The van der Waals surface area contributed by atoms with Crippen LogP contribution in [0.2, 0.25) is 0 Å². The highest BCUT2D eigenvalue weighted by atomic mass is 32.1. The van der Waals surface area contributed by atoms with Crippen molar-refractivity contribution in [2.45, 2.75) is 6.04 Å². The smallest absolute Gasteiger partial charge is 0.231 e. The number of hydrogen-bond donors (Lipinski definition) is 1. The molecule has 0 saturated carbocycles. The number of nitrogens with two attached hydrogens (primary N) is 1. The molecule has 0 fully saturated rings. The van der Waals surface area contributed by atoms with Crippen LogP contribution in [0.4, 0.5) is 0 Å². The van der Waals surface area contributed by atoms with Crippen LogP contribution < -0.4 is 15.2 Å². The average molecular weight is 418 g/mol. The maximum Gasteiger partial charge on any atom is 0.231 e. The minimum absolute atomic E-state index is 0.245. The second-order valence-corrected chi connectivity index (χ2v) is 8.96. The van der Waals surface area contributed by atoms with E-state index in [0.29, 0.717) is 0 Å². The molecule has 0 spiro atoms. The first-order chi connectivity index (χ1) is 14.3. The zero-order valence-corrected chi connectivity index (χ0v) is 16.8. The number of ether oxygens (including phenoxy) is 2. The van der Waals surface area contributed by atoms with Crippen LogP contribution >= 0.6 is 22.7 Å². The Kier molecular flexibility index (Phi) is 3.80. The number of rotatable bonds is 3. The summed E-state index contributed by atoms with van der Waals surface area (Å²) in [6, 6.07) is 18.2. The molecule has 0 aliphatic carbocycles. The highest BCUT2D eigenvalue weighted by molar-refractivity contribution is 7.28. The minimum atomic E-state index is -0.371. The third-order valence-electron chi connectivity index (χ3n) is 5.06. The lowest BCUT2D eigenvalue weighted by Crippen LogP contribution is -2.13. The van der Waals surface area contributed by atoms with Gasteiger partial charge in [0, 0.05) is 14.5 Å². The molecule has 1 atom stereocenters. The van der Waals surface area contributed by atoms with E-state index in [1.165, 1.54) is 19.8 Å². The molecule has 6 rings (SSSR count). The normalized spacial score (nSPS) is 14.0. The van der Waals surface area contributed by atoms with E-state index >= 15 is 0 Å². The van der Waals surface area contributed by atoms with Crippen molar-refractivity contribution in [3.8, 4) is 21.3 Å². The van der Waals surface area contributed by atoms with Gasteiger partial charge in [-0.2, -0.15) is 0 Å². The van der Waals surface area contributed by atoms with Gasteiger partial charge in [-0.15, -0.1) is 22.7 Å². The summed E-state index contributed by atoms with van der Waals surface area (Å²) in [6.07, 6.45) is 1.59. The minimum Gasteiger partial charge on any atom is -0.454 e. The molecule has 0 bridgehead atoms. The molecule has 2 N–H and O–H groups in total. The second kappa shape index (κ2) is 6.52. The van der Waals surface area contributed by atoms with E-state index in [1.807, 2.05) is 18.2 Å². The van der Waals surface area contributed by atoms with Crippen LogP contribution in [0.15, 0.2) is 60.9 Å². The van der Waals surface area contributed by atoms with Crippen LogP contribution in [0.1, 0.15) is 17.3 Å². The van der Waals surface area contributed by atoms with Gasteiger partial charge in [0.2, 0.25) is 6.79 Å². The number of benzene rings is 2. The zero-order valence-electron chi connectivity index (χ0n) is 15.2. The monoisotopic (exact) mass is 417 g/mol. The van der Waals surface area contributed by atoms with Crippen molar-refractivity contribution in [2.24, 2.45) is 5.73 Å². The van der Waals surface area contributed by atoms with Gasteiger partial charge in [-0.1, -0.05) is 24.3 Å². The molecule has 1 aliphatic heterocycles. The summed E-state index contributed by atoms with van der Waals surface area (Å²) >= 11 is 3.48. The molecule has 29 heavy (non-hydrogen) atoms. The highest BCUT2D eigenvalue weighted by Gasteiger charge is 2.21. The van der Waals surface area contributed by atoms with Crippen LogP contribution in [-0.4, -0.2) is 16.8 Å². The van der Waals surface area contributed by atoms with Gasteiger partial charge in [0.05, 0.1) is 22.0 Å². The molecule has 5 aromatic rings. The summed E-state index contributed by atoms with van der Waals surface area (Å²) in [5.41, 5.74) is 9.29. The van der Waals surface area contributed by atoms with Gasteiger partial charge in [-0.3, -0.25) is 0 Å². The molecule has 0 saturated heterocycles. The van der Waals surface area contributed by atoms with Crippen molar-refractivity contribution < 1.29 is 9.47 Å². The molecule has 7 heteroatoms. The Morgan fingerprint density at radius 3 is 2.69 bits per heavy atom. The molecule has 142 valence electrons. The van der Waals surface area contributed by atoms with Crippen LogP contribution in [0.25, 0.3) is 30.1 Å². The second-order valence-electron chi connectivity index (χ2n) is 6.82. The van der Waals surface area contributed by atoms with Crippen LogP contribution in [-0.2, 0) is 0 Å². The fourth-order valence-electron chi connectivity index (χ4n) is 3.58. The van der Waals surface area contributed by atoms with Gasteiger partial charge in [0.25, 0.3) is 0 Å². The van der Waals surface area contributed by atoms with E-state index in [1.54, 1.807) is 29.0 Å². The number of nitrogens with zero attached hydrogens (tertiary/aromatic N) is 2. The van der Waals surface area contributed by atoms with Gasteiger partial charge in [0.1, 0.15) is 6.33 Å². The summed E-state index contributed by atoms with van der Waals surface area (Å²) in [7, 11) is 0. The molecule has 3 aromatic heterocycles. The van der Waals surface area contributed by atoms with Crippen molar-refractivity contribution in [1.82, 2.24) is 9.97 Å². The average Bonchev–Trinajstić information content (AvgIpc) is 3.49. The predicted molar refractivity (Wildman–Crippen MR) is 117 cm³/mol. The number of fused-ring (bicyclic) bond motifs is 3. The lowest BCUT2D eigenvalue weighted by molar-refractivity contribution is 0.174. The first kappa shape index (κ1) is 16.9. The van der Waals surface area contributed by atoms with Gasteiger partial charge < -0.3 is 15.2 Å².